The SMILES string of the molecule is CC1(C)/C(=C\C=C2/CCCC(/C=C/C3N(CCCCS)c4ccccc4C3(C)C)=C2Sc2ccc(C(=O)NCCCCCCNC(c3ccccc3)(c3ccccc3)c3ccccc3)cc2)N(CCCCOS)c2ccccc21. The summed E-state index contributed by atoms with van der Waals surface area (Å²) in [5.41, 5.74) is 13.2. The van der Waals surface area contributed by atoms with Gasteiger partial charge in [-0.2, -0.15) is 12.6 Å². The van der Waals surface area contributed by atoms with Crippen LogP contribution >= 0.6 is 37.3 Å². The van der Waals surface area contributed by atoms with Crippen molar-refractivity contribution >= 4 is 54.6 Å². The Balaban J connectivity index is 0.894. The molecule has 0 bridgehead atoms. The molecule has 2 aliphatic heterocycles. The Bertz CT molecular complexity index is 2960. The molecular formula is C70H82N4O2S3. The number of thioether (sulfide) groups is 1. The van der Waals surface area contributed by atoms with Gasteiger partial charge >= 0.3 is 0 Å². The fraction of sp³-hybridized carbons (Fsp3) is 0.357. The normalized spacial score (nSPS) is 17.7. The molecule has 0 radical (unpaired) electrons. The smallest absolute Gasteiger partial charge is 0.251 e. The van der Waals surface area contributed by atoms with Crippen LogP contribution in [-0.2, 0) is 20.6 Å². The summed E-state index contributed by atoms with van der Waals surface area (Å²) in [6, 6.07) is 58.8. The first kappa shape index (κ1) is 58.0. The molecule has 1 amide bonds. The van der Waals surface area contributed by atoms with Gasteiger partial charge in [0.1, 0.15) is 0 Å². The van der Waals surface area contributed by atoms with Crippen molar-refractivity contribution in [3.63, 3.8) is 0 Å². The number of carbonyl (C=O) groups is 1. The standard InChI is InChI=1S/C70H82N4O2S3/c1-68(2)60-35-16-18-37-62(60)73(49-22-24-51-76-78)64(68)45-41-53-27-26-28-54(42-46-65-69(3,4)61-36-17-19-38-63(61)74(65)50-23-25-52-77)66(53)79-59-43-39-55(40-44-59)67(75)71-47-20-5-6-21-48-72-70(56-29-10-7-11-30-56,57-31-12-8-13-32-57)58-33-14-9-15-34-58/h7-19,29-46,65,72,77-78H,5-6,20-28,47-52H2,1-4H3,(H,71,75)/b46-42+,53-41+,64-45+. The Labute approximate surface area is 488 Å². The summed E-state index contributed by atoms with van der Waals surface area (Å²) in [5, 5.41) is 7.25. The Morgan fingerprint density at radius 3 is 1.90 bits per heavy atom. The Morgan fingerprint density at radius 2 is 1.25 bits per heavy atom. The lowest BCUT2D eigenvalue weighted by Crippen LogP contribution is -2.45. The van der Waals surface area contributed by atoms with Gasteiger partial charge in [0.2, 0.25) is 0 Å². The Morgan fingerprint density at radius 1 is 0.658 bits per heavy atom. The van der Waals surface area contributed by atoms with Gasteiger partial charge in [-0.1, -0.05) is 198 Å². The number of anilines is 2. The van der Waals surface area contributed by atoms with Crippen LogP contribution < -0.4 is 20.4 Å². The van der Waals surface area contributed by atoms with Crippen LogP contribution in [0.2, 0.25) is 0 Å². The highest BCUT2D eigenvalue weighted by Crippen LogP contribution is 2.50. The highest BCUT2D eigenvalue weighted by molar-refractivity contribution is 8.03. The van der Waals surface area contributed by atoms with E-state index in [1.807, 2.05) is 23.9 Å². The Hall–Kier alpha value is -5.68. The predicted molar refractivity (Wildman–Crippen MR) is 341 cm³/mol. The maximum atomic E-state index is 13.6. The number of carbonyl (C=O) groups excluding carboxylic acids is 1. The highest BCUT2D eigenvalue weighted by atomic mass is 32.2. The van der Waals surface area contributed by atoms with Crippen LogP contribution in [0.25, 0.3) is 0 Å². The molecule has 6 aromatic rings. The number of allylic oxidation sites excluding steroid dienone is 6. The van der Waals surface area contributed by atoms with Gasteiger partial charge in [0.05, 0.1) is 18.2 Å². The first-order chi connectivity index (χ1) is 38.6. The van der Waals surface area contributed by atoms with Gasteiger partial charge in [-0.25, -0.2) is 0 Å². The van der Waals surface area contributed by atoms with Gasteiger partial charge in [0.25, 0.3) is 5.91 Å². The number of nitrogens with zero attached hydrogens (tertiary/aromatic N) is 2. The number of thiol groups is 2. The second-order valence-corrected chi connectivity index (χ2v) is 24.3. The van der Waals surface area contributed by atoms with E-state index >= 15 is 0 Å². The van der Waals surface area contributed by atoms with E-state index in [1.54, 1.807) is 0 Å². The van der Waals surface area contributed by atoms with Gasteiger partial charge in [0, 0.05) is 62.9 Å². The van der Waals surface area contributed by atoms with Crippen molar-refractivity contribution in [3.05, 3.63) is 243 Å². The summed E-state index contributed by atoms with van der Waals surface area (Å²) >= 11 is 10.4. The monoisotopic (exact) mass is 1110 g/mol. The number of para-hydroxylation sites is 2. The molecule has 0 aromatic heterocycles. The van der Waals surface area contributed by atoms with E-state index in [9.17, 15) is 4.79 Å². The third-order valence-electron chi connectivity index (χ3n) is 16.6. The van der Waals surface area contributed by atoms with Crippen molar-refractivity contribution in [2.24, 2.45) is 0 Å². The molecule has 1 atom stereocenters. The van der Waals surface area contributed by atoms with Crippen molar-refractivity contribution in [2.45, 2.75) is 126 Å². The van der Waals surface area contributed by atoms with Crippen LogP contribution in [0.4, 0.5) is 11.4 Å². The number of nitrogens with one attached hydrogen (secondary N) is 2. The third-order valence-corrected chi connectivity index (χ3v) is 18.3. The average molecular weight is 1110 g/mol. The number of unbranched alkanes of at least 4 members (excludes halogenated alkanes) is 5. The molecule has 412 valence electrons. The lowest BCUT2D eigenvalue weighted by Gasteiger charge is -2.37. The number of rotatable bonds is 26. The van der Waals surface area contributed by atoms with E-state index in [-0.39, 0.29) is 22.8 Å². The van der Waals surface area contributed by atoms with Gasteiger partial charge in [-0.05, 0) is 164 Å². The molecule has 2 heterocycles. The predicted octanol–water partition coefficient (Wildman–Crippen LogP) is 16.8. The summed E-state index contributed by atoms with van der Waals surface area (Å²) in [4.78, 5) is 21.3. The van der Waals surface area contributed by atoms with Crippen LogP contribution in [0.1, 0.15) is 136 Å². The lowest BCUT2D eigenvalue weighted by atomic mass is 9.77. The Kier molecular flexibility index (Phi) is 20.3. The average Bonchev–Trinajstić information content (AvgIpc) is 3.96. The maximum absolute atomic E-state index is 13.6. The van der Waals surface area contributed by atoms with E-state index in [4.69, 9.17) is 4.18 Å². The maximum Gasteiger partial charge on any atom is 0.251 e. The first-order valence-corrected chi connectivity index (χ1v) is 30.8. The molecule has 79 heavy (non-hydrogen) atoms. The van der Waals surface area contributed by atoms with E-state index in [0.717, 1.165) is 101 Å². The number of benzene rings is 6. The summed E-state index contributed by atoms with van der Waals surface area (Å²) in [6.45, 7) is 13.6. The van der Waals surface area contributed by atoms with Crippen molar-refractivity contribution in [1.29, 1.82) is 0 Å². The minimum Gasteiger partial charge on any atom is -0.364 e. The van der Waals surface area contributed by atoms with Crippen LogP contribution in [0.5, 0.6) is 0 Å². The molecule has 0 spiro atoms. The highest BCUT2D eigenvalue weighted by Gasteiger charge is 2.43. The van der Waals surface area contributed by atoms with Crippen LogP contribution in [-0.4, -0.2) is 50.5 Å². The minimum absolute atomic E-state index is 0.0220. The number of amides is 1. The van der Waals surface area contributed by atoms with Crippen molar-refractivity contribution < 1.29 is 8.98 Å². The van der Waals surface area contributed by atoms with Crippen LogP contribution in [0.3, 0.4) is 0 Å². The van der Waals surface area contributed by atoms with E-state index in [1.165, 1.54) is 60.9 Å². The second kappa shape index (κ2) is 27.7. The van der Waals surface area contributed by atoms with Gasteiger partial charge < -0.3 is 19.3 Å². The third kappa shape index (κ3) is 13.4. The second-order valence-electron chi connectivity index (χ2n) is 22.5. The molecule has 3 aliphatic rings. The summed E-state index contributed by atoms with van der Waals surface area (Å²) in [7, 11) is 0. The molecular weight excluding hydrogens is 1020 g/mol. The van der Waals surface area contributed by atoms with Gasteiger partial charge in [-0.3, -0.25) is 10.1 Å². The number of hydrogen-bond acceptors (Lipinski definition) is 8. The zero-order chi connectivity index (χ0) is 55.1. The van der Waals surface area contributed by atoms with E-state index < -0.39 is 5.54 Å². The number of fused-ring (bicyclic) bond motifs is 2. The summed E-state index contributed by atoms with van der Waals surface area (Å²) < 4.78 is 5.15. The summed E-state index contributed by atoms with van der Waals surface area (Å²) in [6.07, 6.45) is 21.1. The molecule has 2 N–H and O–H groups in total. The molecule has 1 unspecified atom stereocenters. The van der Waals surface area contributed by atoms with Gasteiger partial charge in [-0.15, -0.1) is 0 Å². The van der Waals surface area contributed by atoms with Gasteiger partial charge in [0.15, 0.2) is 0 Å². The van der Waals surface area contributed by atoms with E-state index in [2.05, 4.69) is 250 Å². The number of hydrogen-bond donors (Lipinski definition) is 4. The summed E-state index contributed by atoms with van der Waals surface area (Å²) in [5.74, 6) is 0.879. The van der Waals surface area contributed by atoms with Crippen molar-refractivity contribution in [3.8, 4) is 0 Å². The fourth-order valence-electron chi connectivity index (χ4n) is 12.4. The topological polar surface area (TPSA) is 56.8 Å². The first-order valence-electron chi connectivity index (χ1n) is 29.0. The molecule has 9 heteroatoms. The van der Waals surface area contributed by atoms with Crippen molar-refractivity contribution in [2.75, 3.05) is 48.3 Å². The quantitative estimate of drug-likeness (QED) is 0.0188. The fourth-order valence-corrected chi connectivity index (χ4v) is 13.8. The van der Waals surface area contributed by atoms with E-state index in [0.29, 0.717) is 18.7 Å². The molecule has 0 saturated carbocycles. The minimum atomic E-state index is -0.463. The molecule has 6 nitrogen and oxygen atoms in total. The largest absolute Gasteiger partial charge is 0.364 e. The molecule has 0 saturated heterocycles. The molecule has 0 fully saturated rings. The van der Waals surface area contributed by atoms with Crippen molar-refractivity contribution in [1.82, 2.24) is 10.6 Å². The van der Waals surface area contributed by atoms with Crippen LogP contribution in [0.15, 0.2) is 215 Å². The van der Waals surface area contributed by atoms with Crippen LogP contribution in [0, 0.1) is 0 Å². The molecule has 1 aliphatic carbocycles. The molecule has 9 rings (SSSR count). The molecule has 6 aromatic carbocycles. The zero-order valence-electron chi connectivity index (χ0n) is 47.0. The lowest BCUT2D eigenvalue weighted by molar-refractivity contribution is 0.0952. The zero-order valence-corrected chi connectivity index (χ0v) is 49.6.